The minimum absolute atomic E-state index is 0.0462. The molecule has 0 N–H and O–H groups in total. The maximum atomic E-state index is 12.8. The number of benzene rings is 1. The smallest absolute Gasteiger partial charge is 0.261 e. The Kier molecular flexibility index (Phi) is 4.43. The first-order valence-electron chi connectivity index (χ1n) is 8.71. The van der Waals surface area contributed by atoms with E-state index < -0.39 is 0 Å². The molecule has 3 rings (SSSR count). The van der Waals surface area contributed by atoms with E-state index in [0.717, 1.165) is 32.4 Å². The Hall–Kier alpha value is -2.17. The third-order valence-electron chi connectivity index (χ3n) is 4.99. The fraction of sp³-hybridized carbons (Fsp3) is 0.526. The molecule has 0 aliphatic carbocycles. The van der Waals surface area contributed by atoms with Gasteiger partial charge in [-0.3, -0.25) is 19.3 Å². The summed E-state index contributed by atoms with van der Waals surface area (Å²) in [6.45, 7) is 7.35. The van der Waals surface area contributed by atoms with E-state index in [9.17, 15) is 14.4 Å². The van der Waals surface area contributed by atoms with Crippen molar-refractivity contribution < 1.29 is 14.4 Å². The average molecular weight is 328 g/mol. The van der Waals surface area contributed by atoms with Gasteiger partial charge in [0.05, 0.1) is 11.1 Å². The van der Waals surface area contributed by atoms with Gasteiger partial charge in [-0.25, -0.2) is 0 Å². The van der Waals surface area contributed by atoms with Crippen LogP contribution in [0.2, 0.25) is 0 Å². The van der Waals surface area contributed by atoms with Gasteiger partial charge in [0.25, 0.3) is 17.7 Å². The standard InChI is InChI=1S/C19H24N2O3/c1-12(2)21-18(23)15-7-6-14(11-16(15)19(21)24)17(22)20-9-4-5-13(3)8-10-20/h6-7,11-13H,4-5,8-10H2,1-3H3. The van der Waals surface area contributed by atoms with Crippen LogP contribution in [0, 0.1) is 5.92 Å². The number of hydrogen-bond acceptors (Lipinski definition) is 3. The third-order valence-corrected chi connectivity index (χ3v) is 4.99. The summed E-state index contributed by atoms with van der Waals surface area (Å²) in [6.07, 6.45) is 3.16. The second kappa shape index (κ2) is 6.38. The quantitative estimate of drug-likeness (QED) is 0.784. The SMILES string of the molecule is CC1CCCN(C(=O)c2ccc3c(c2)C(=O)N(C(C)C)C3=O)CC1. The van der Waals surface area contributed by atoms with Crippen LogP contribution in [0.25, 0.3) is 0 Å². The molecule has 2 aliphatic heterocycles. The molecular formula is C19H24N2O3. The van der Waals surface area contributed by atoms with Gasteiger partial charge in [-0.2, -0.15) is 0 Å². The van der Waals surface area contributed by atoms with Crippen LogP contribution in [0.15, 0.2) is 18.2 Å². The Balaban J connectivity index is 1.86. The summed E-state index contributed by atoms with van der Waals surface area (Å²) in [6, 6.07) is 4.69. The lowest BCUT2D eigenvalue weighted by molar-refractivity contribution is 0.0608. The lowest BCUT2D eigenvalue weighted by atomic mass is 10.0. The van der Waals surface area contributed by atoms with Gasteiger partial charge in [-0.1, -0.05) is 6.92 Å². The zero-order valence-electron chi connectivity index (χ0n) is 14.5. The molecule has 1 atom stereocenters. The summed E-state index contributed by atoms with van der Waals surface area (Å²) in [5.74, 6) is 0.0218. The zero-order valence-corrected chi connectivity index (χ0v) is 14.5. The average Bonchev–Trinajstić information content (AvgIpc) is 2.69. The highest BCUT2D eigenvalue weighted by Crippen LogP contribution is 2.26. The second-order valence-corrected chi connectivity index (χ2v) is 7.16. The molecule has 5 nitrogen and oxygen atoms in total. The fourth-order valence-corrected chi connectivity index (χ4v) is 3.51. The summed E-state index contributed by atoms with van der Waals surface area (Å²) in [5, 5.41) is 0. The van der Waals surface area contributed by atoms with Crippen molar-refractivity contribution in [2.45, 2.75) is 46.1 Å². The van der Waals surface area contributed by atoms with Crippen molar-refractivity contribution in [3.63, 3.8) is 0 Å². The van der Waals surface area contributed by atoms with E-state index in [-0.39, 0.29) is 23.8 Å². The van der Waals surface area contributed by atoms with Crippen LogP contribution >= 0.6 is 0 Å². The van der Waals surface area contributed by atoms with Crippen molar-refractivity contribution in [2.24, 2.45) is 5.92 Å². The molecule has 5 heteroatoms. The maximum Gasteiger partial charge on any atom is 0.261 e. The molecule has 0 saturated carbocycles. The van der Waals surface area contributed by atoms with Crippen LogP contribution in [0.3, 0.4) is 0 Å². The molecule has 1 saturated heterocycles. The lowest BCUT2D eigenvalue weighted by Crippen LogP contribution is -2.35. The first kappa shape index (κ1) is 16.7. The maximum absolute atomic E-state index is 12.8. The highest BCUT2D eigenvalue weighted by atomic mass is 16.2. The van der Waals surface area contributed by atoms with Gasteiger partial charge in [0.2, 0.25) is 0 Å². The van der Waals surface area contributed by atoms with Crippen molar-refractivity contribution >= 4 is 17.7 Å². The molecule has 24 heavy (non-hydrogen) atoms. The van der Waals surface area contributed by atoms with E-state index in [4.69, 9.17) is 0 Å². The lowest BCUT2D eigenvalue weighted by Gasteiger charge is -2.20. The van der Waals surface area contributed by atoms with Crippen molar-refractivity contribution in [3.8, 4) is 0 Å². The number of likely N-dealkylation sites (tertiary alicyclic amines) is 1. The first-order chi connectivity index (χ1) is 11.4. The van der Waals surface area contributed by atoms with Gasteiger partial charge in [-0.15, -0.1) is 0 Å². The number of nitrogens with zero attached hydrogens (tertiary/aromatic N) is 2. The Bertz CT molecular complexity index is 696. The highest BCUT2D eigenvalue weighted by Gasteiger charge is 2.37. The summed E-state index contributed by atoms with van der Waals surface area (Å²) < 4.78 is 0. The van der Waals surface area contributed by atoms with E-state index in [2.05, 4.69) is 6.92 Å². The number of carbonyl (C=O) groups is 3. The van der Waals surface area contributed by atoms with Crippen LogP contribution in [0.5, 0.6) is 0 Å². The molecule has 128 valence electrons. The fourth-order valence-electron chi connectivity index (χ4n) is 3.51. The van der Waals surface area contributed by atoms with Crippen LogP contribution in [0.4, 0.5) is 0 Å². The second-order valence-electron chi connectivity index (χ2n) is 7.16. The van der Waals surface area contributed by atoms with Crippen LogP contribution in [-0.2, 0) is 0 Å². The van der Waals surface area contributed by atoms with E-state index in [1.807, 2.05) is 18.7 Å². The summed E-state index contributed by atoms with van der Waals surface area (Å²) >= 11 is 0. The molecule has 1 fully saturated rings. The Morgan fingerprint density at radius 2 is 1.79 bits per heavy atom. The molecule has 0 bridgehead atoms. The number of carbonyl (C=O) groups excluding carboxylic acids is 3. The third kappa shape index (κ3) is 2.83. The number of fused-ring (bicyclic) bond motifs is 1. The summed E-state index contributed by atoms with van der Waals surface area (Å²) in [7, 11) is 0. The molecule has 2 heterocycles. The van der Waals surface area contributed by atoms with E-state index in [1.54, 1.807) is 18.2 Å². The van der Waals surface area contributed by atoms with E-state index in [1.165, 1.54) is 4.90 Å². The highest BCUT2D eigenvalue weighted by molar-refractivity contribution is 6.22. The van der Waals surface area contributed by atoms with Gasteiger partial charge < -0.3 is 4.90 Å². The molecule has 1 aromatic carbocycles. The van der Waals surface area contributed by atoms with Crippen molar-refractivity contribution in [3.05, 3.63) is 34.9 Å². The van der Waals surface area contributed by atoms with E-state index in [0.29, 0.717) is 22.6 Å². The molecule has 3 amide bonds. The Morgan fingerprint density at radius 3 is 2.50 bits per heavy atom. The van der Waals surface area contributed by atoms with Crippen LogP contribution in [-0.4, -0.2) is 46.7 Å². The molecular weight excluding hydrogens is 304 g/mol. The molecule has 2 aliphatic rings. The molecule has 1 aromatic rings. The van der Waals surface area contributed by atoms with E-state index >= 15 is 0 Å². The number of amides is 3. The minimum atomic E-state index is -0.302. The van der Waals surface area contributed by atoms with Crippen molar-refractivity contribution in [2.75, 3.05) is 13.1 Å². The topological polar surface area (TPSA) is 57.7 Å². The first-order valence-corrected chi connectivity index (χ1v) is 8.71. The van der Waals surface area contributed by atoms with Crippen molar-refractivity contribution in [1.82, 2.24) is 9.80 Å². The predicted octanol–water partition coefficient (Wildman–Crippen LogP) is 2.95. The zero-order chi connectivity index (χ0) is 17.4. The number of rotatable bonds is 2. The molecule has 0 aromatic heterocycles. The Labute approximate surface area is 142 Å². The molecule has 0 spiro atoms. The minimum Gasteiger partial charge on any atom is -0.339 e. The summed E-state index contributed by atoms with van der Waals surface area (Å²) in [4.78, 5) is 40.7. The van der Waals surface area contributed by atoms with Gasteiger partial charge in [0.15, 0.2) is 0 Å². The predicted molar refractivity (Wildman–Crippen MR) is 91.0 cm³/mol. The largest absolute Gasteiger partial charge is 0.339 e. The van der Waals surface area contributed by atoms with Crippen molar-refractivity contribution in [1.29, 1.82) is 0 Å². The molecule has 0 radical (unpaired) electrons. The summed E-state index contributed by atoms with van der Waals surface area (Å²) in [5.41, 5.74) is 1.24. The van der Waals surface area contributed by atoms with Gasteiger partial charge in [0.1, 0.15) is 0 Å². The monoisotopic (exact) mass is 328 g/mol. The van der Waals surface area contributed by atoms with Crippen LogP contribution < -0.4 is 0 Å². The Morgan fingerprint density at radius 1 is 1.08 bits per heavy atom. The van der Waals surface area contributed by atoms with Gasteiger partial charge >= 0.3 is 0 Å². The van der Waals surface area contributed by atoms with Crippen LogP contribution in [0.1, 0.15) is 71.1 Å². The molecule has 1 unspecified atom stereocenters. The number of hydrogen-bond donors (Lipinski definition) is 0. The normalized spacial score (nSPS) is 21.2. The van der Waals surface area contributed by atoms with Gasteiger partial charge in [0, 0.05) is 24.7 Å². The van der Waals surface area contributed by atoms with Gasteiger partial charge in [-0.05, 0) is 57.2 Å². The number of imide groups is 1.